The van der Waals surface area contributed by atoms with Gasteiger partial charge in [-0.15, -0.1) is 10.2 Å². The third-order valence-corrected chi connectivity index (χ3v) is 5.91. The molecule has 0 aliphatic heterocycles. The van der Waals surface area contributed by atoms with Crippen LogP contribution in [0, 0.1) is 0 Å². The Morgan fingerprint density at radius 1 is 1.13 bits per heavy atom. The topological polar surface area (TPSA) is 73.8 Å². The highest BCUT2D eigenvalue weighted by Gasteiger charge is 2.22. The molecule has 0 amide bonds. The van der Waals surface area contributed by atoms with Crippen LogP contribution >= 0.6 is 11.8 Å². The summed E-state index contributed by atoms with van der Waals surface area (Å²) in [6, 6.07) is 15.4. The molecule has 0 aliphatic carbocycles. The first-order valence-corrected chi connectivity index (χ1v) is 10.7. The van der Waals surface area contributed by atoms with E-state index in [1.54, 1.807) is 18.7 Å². The van der Waals surface area contributed by atoms with Crippen LogP contribution in [0.25, 0.3) is 11.4 Å². The first-order chi connectivity index (χ1) is 14.7. The Bertz CT molecular complexity index is 1110. The van der Waals surface area contributed by atoms with E-state index in [1.165, 1.54) is 17.3 Å². The molecule has 30 heavy (non-hydrogen) atoms. The summed E-state index contributed by atoms with van der Waals surface area (Å²) in [5.41, 5.74) is 2.78. The lowest BCUT2D eigenvalue weighted by Gasteiger charge is -2.12. The Morgan fingerprint density at radius 3 is 2.63 bits per heavy atom. The predicted octanol–water partition coefficient (Wildman–Crippen LogP) is 4.91. The van der Waals surface area contributed by atoms with Crippen molar-refractivity contribution in [3.8, 4) is 11.4 Å². The number of hydrogen-bond acceptors (Lipinski definition) is 6. The van der Waals surface area contributed by atoms with E-state index in [0.717, 1.165) is 17.7 Å². The molecule has 3 aromatic heterocycles. The van der Waals surface area contributed by atoms with Crippen LogP contribution in [0.3, 0.4) is 0 Å². The monoisotopic (exact) mass is 418 g/mol. The molecule has 3 heterocycles. The number of thioether (sulfide) groups is 1. The molecule has 0 spiro atoms. The largest absolute Gasteiger partial charge is 0.467 e. The third kappa shape index (κ3) is 4.36. The number of ketones is 1. The van der Waals surface area contributed by atoms with Crippen molar-refractivity contribution in [3.63, 3.8) is 0 Å². The number of Topliss-reactive ketones (excluding diaryl/α,β-unsaturated/α-hetero) is 1. The number of aromatic nitrogens is 4. The Morgan fingerprint density at radius 2 is 1.97 bits per heavy atom. The van der Waals surface area contributed by atoms with E-state index in [9.17, 15) is 4.79 Å². The summed E-state index contributed by atoms with van der Waals surface area (Å²) in [7, 11) is 0. The van der Waals surface area contributed by atoms with Gasteiger partial charge in [-0.3, -0.25) is 14.3 Å². The molecule has 0 bridgehead atoms. The SMILES string of the molecule is CCc1ccc(C(=O)C(C)Sc2nnc(-c3cccnc3)n2Cc2ccco2)cc1. The van der Waals surface area contributed by atoms with E-state index < -0.39 is 0 Å². The number of rotatable bonds is 8. The second-order valence-electron chi connectivity index (χ2n) is 6.89. The molecular weight excluding hydrogens is 396 g/mol. The zero-order valence-electron chi connectivity index (χ0n) is 16.9. The van der Waals surface area contributed by atoms with Gasteiger partial charge in [0.15, 0.2) is 16.8 Å². The molecule has 4 rings (SSSR count). The van der Waals surface area contributed by atoms with Crippen molar-refractivity contribution in [1.82, 2.24) is 19.7 Å². The second kappa shape index (κ2) is 9.09. The molecule has 1 aromatic carbocycles. The van der Waals surface area contributed by atoms with Crippen molar-refractivity contribution in [2.75, 3.05) is 0 Å². The average Bonchev–Trinajstić information content (AvgIpc) is 3.44. The summed E-state index contributed by atoms with van der Waals surface area (Å²) >= 11 is 1.40. The fourth-order valence-electron chi connectivity index (χ4n) is 3.14. The van der Waals surface area contributed by atoms with E-state index in [4.69, 9.17) is 4.42 Å². The minimum Gasteiger partial charge on any atom is -0.467 e. The molecule has 0 saturated carbocycles. The minimum absolute atomic E-state index is 0.0677. The standard InChI is InChI=1S/C23H22N4O2S/c1-3-17-8-10-18(11-9-17)21(28)16(2)30-23-26-25-22(19-6-4-12-24-14-19)27(23)15-20-7-5-13-29-20/h4-14,16H,3,15H2,1-2H3. The van der Waals surface area contributed by atoms with Gasteiger partial charge in [0.1, 0.15) is 5.76 Å². The lowest BCUT2D eigenvalue weighted by molar-refractivity contribution is 0.0994. The molecule has 0 radical (unpaired) electrons. The Kier molecular flexibility index (Phi) is 6.09. The van der Waals surface area contributed by atoms with Crippen LogP contribution < -0.4 is 0 Å². The summed E-state index contributed by atoms with van der Waals surface area (Å²) < 4.78 is 7.49. The first kappa shape index (κ1) is 20.1. The number of benzene rings is 1. The highest BCUT2D eigenvalue weighted by atomic mass is 32.2. The lowest BCUT2D eigenvalue weighted by Crippen LogP contribution is -2.15. The fourth-order valence-corrected chi connectivity index (χ4v) is 4.06. The number of carbonyl (C=O) groups excluding carboxylic acids is 1. The summed E-state index contributed by atoms with van der Waals surface area (Å²) in [6.45, 7) is 4.47. The van der Waals surface area contributed by atoms with E-state index in [1.807, 2.05) is 60.0 Å². The van der Waals surface area contributed by atoms with Crippen LogP contribution in [0.4, 0.5) is 0 Å². The maximum absolute atomic E-state index is 12.9. The zero-order chi connectivity index (χ0) is 20.9. The summed E-state index contributed by atoms with van der Waals surface area (Å²) in [4.78, 5) is 17.1. The van der Waals surface area contributed by atoms with Crippen molar-refractivity contribution in [2.24, 2.45) is 0 Å². The Labute approximate surface area is 179 Å². The van der Waals surface area contributed by atoms with Crippen LogP contribution in [-0.4, -0.2) is 30.8 Å². The lowest BCUT2D eigenvalue weighted by atomic mass is 10.1. The number of carbonyl (C=O) groups is 1. The Hall–Kier alpha value is -3.19. The molecule has 6 nitrogen and oxygen atoms in total. The molecule has 7 heteroatoms. The van der Waals surface area contributed by atoms with Gasteiger partial charge < -0.3 is 4.42 Å². The molecule has 0 saturated heterocycles. The minimum atomic E-state index is -0.307. The van der Waals surface area contributed by atoms with Crippen LogP contribution in [-0.2, 0) is 13.0 Å². The predicted molar refractivity (Wildman–Crippen MR) is 117 cm³/mol. The molecule has 152 valence electrons. The van der Waals surface area contributed by atoms with Gasteiger partial charge in [0.05, 0.1) is 18.1 Å². The molecule has 1 unspecified atom stereocenters. The Balaban J connectivity index is 1.61. The van der Waals surface area contributed by atoms with Gasteiger partial charge in [-0.25, -0.2) is 0 Å². The molecule has 0 fully saturated rings. The van der Waals surface area contributed by atoms with Gasteiger partial charge in [0.25, 0.3) is 0 Å². The van der Waals surface area contributed by atoms with Crippen LogP contribution in [0.15, 0.2) is 76.8 Å². The zero-order valence-corrected chi connectivity index (χ0v) is 17.7. The van der Waals surface area contributed by atoms with Gasteiger partial charge in [0, 0.05) is 23.5 Å². The van der Waals surface area contributed by atoms with Gasteiger partial charge in [-0.2, -0.15) is 0 Å². The summed E-state index contributed by atoms with van der Waals surface area (Å²) in [6.07, 6.45) is 6.06. The second-order valence-corrected chi connectivity index (χ2v) is 8.20. The first-order valence-electron chi connectivity index (χ1n) is 9.81. The van der Waals surface area contributed by atoms with E-state index >= 15 is 0 Å². The molecule has 4 aromatic rings. The van der Waals surface area contributed by atoms with E-state index in [2.05, 4.69) is 22.1 Å². The third-order valence-electron chi connectivity index (χ3n) is 4.83. The number of aryl methyl sites for hydroxylation is 1. The normalized spacial score (nSPS) is 12.1. The van der Waals surface area contributed by atoms with Crippen molar-refractivity contribution in [1.29, 1.82) is 0 Å². The van der Waals surface area contributed by atoms with Crippen LogP contribution in [0.5, 0.6) is 0 Å². The molecule has 0 N–H and O–H groups in total. The van der Waals surface area contributed by atoms with Gasteiger partial charge in [0.2, 0.25) is 0 Å². The van der Waals surface area contributed by atoms with Gasteiger partial charge in [-0.05, 0) is 43.2 Å². The van der Waals surface area contributed by atoms with Crippen molar-refractivity contribution >= 4 is 17.5 Å². The van der Waals surface area contributed by atoms with Gasteiger partial charge in [-0.1, -0.05) is 43.0 Å². The highest BCUT2D eigenvalue weighted by Crippen LogP contribution is 2.29. The molecule has 1 atom stereocenters. The maximum atomic E-state index is 12.9. The van der Waals surface area contributed by atoms with Crippen LogP contribution in [0.1, 0.15) is 35.5 Å². The van der Waals surface area contributed by atoms with Crippen LogP contribution in [0.2, 0.25) is 0 Å². The number of nitrogens with zero attached hydrogens (tertiary/aromatic N) is 4. The van der Waals surface area contributed by atoms with Gasteiger partial charge >= 0.3 is 0 Å². The smallest absolute Gasteiger partial charge is 0.192 e. The maximum Gasteiger partial charge on any atom is 0.192 e. The van der Waals surface area contributed by atoms with Crippen molar-refractivity contribution < 1.29 is 9.21 Å². The molecular formula is C23H22N4O2S. The quantitative estimate of drug-likeness (QED) is 0.299. The average molecular weight is 419 g/mol. The summed E-state index contributed by atoms with van der Waals surface area (Å²) in [5.74, 6) is 1.54. The number of pyridine rings is 1. The highest BCUT2D eigenvalue weighted by molar-refractivity contribution is 8.00. The number of furan rings is 1. The number of hydrogen-bond donors (Lipinski definition) is 0. The molecule has 0 aliphatic rings. The van der Waals surface area contributed by atoms with E-state index in [-0.39, 0.29) is 11.0 Å². The summed E-state index contributed by atoms with van der Waals surface area (Å²) in [5, 5.41) is 9.10. The van der Waals surface area contributed by atoms with Crippen molar-refractivity contribution in [3.05, 3.63) is 84.1 Å². The fraction of sp³-hybridized carbons (Fsp3) is 0.217. The van der Waals surface area contributed by atoms with E-state index in [0.29, 0.717) is 23.1 Å². The van der Waals surface area contributed by atoms with Crippen molar-refractivity contribution in [2.45, 2.75) is 37.2 Å².